The van der Waals surface area contributed by atoms with Crippen molar-refractivity contribution in [2.75, 3.05) is 13.6 Å². The molecule has 1 amide bonds. The van der Waals surface area contributed by atoms with Gasteiger partial charge in [-0.15, -0.1) is 0 Å². The quantitative estimate of drug-likeness (QED) is 0.883. The van der Waals surface area contributed by atoms with E-state index in [0.717, 1.165) is 5.56 Å². The molecule has 0 aliphatic carbocycles. The van der Waals surface area contributed by atoms with E-state index in [0.29, 0.717) is 25.9 Å². The van der Waals surface area contributed by atoms with Gasteiger partial charge in [-0.3, -0.25) is 14.7 Å². The highest BCUT2D eigenvalue weighted by molar-refractivity contribution is 5.95. The fourth-order valence-electron chi connectivity index (χ4n) is 3.54. The second-order valence-corrected chi connectivity index (χ2v) is 6.94. The summed E-state index contributed by atoms with van der Waals surface area (Å²) in [5.41, 5.74) is -0.211. The topological polar surface area (TPSA) is 86.9 Å². The summed E-state index contributed by atoms with van der Waals surface area (Å²) < 4.78 is 5.17. The van der Waals surface area contributed by atoms with E-state index in [1.165, 1.54) is 11.2 Å². The summed E-state index contributed by atoms with van der Waals surface area (Å²) in [6.07, 6.45) is 6.00. The number of piperidine rings is 1. The summed E-state index contributed by atoms with van der Waals surface area (Å²) in [6, 6.07) is 7.12. The lowest BCUT2D eigenvalue weighted by atomic mass is 9.84. The molecule has 2 aromatic heterocycles. The molecule has 3 rings (SSSR count). The summed E-state index contributed by atoms with van der Waals surface area (Å²) in [7, 11) is 1.98. The molecule has 26 heavy (non-hydrogen) atoms. The molecule has 2 unspecified atom stereocenters. The first kappa shape index (κ1) is 18.1. The van der Waals surface area contributed by atoms with Crippen LogP contribution in [-0.4, -0.2) is 56.9 Å². The Hall–Kier alpha value is -2.67. The summed E-state index contributed by atoms with van der Waals surface area (Å²) in [5.74, 6) is -1.22. The number of nitrogens with zero attached hydrogens (tertiary/aromatic N) is 3. The first-order chi connectivity index (χ1) is 12.4. The van der Waals surface area contributed by atoms with Crippen LogP contribution in [0, 0.1) is 0 Å². The van der Waals surface area contributed by atoms with Crippen LogP contribution in [0.3, 0.4) is 0 Å². The van der Waals surface area contributed by atoms with Crippen molar-refractivity contribution >= 4 is 11.9 Å². The molecule has 0 aromatic carbocycles. The third-order valence-electron chi connectivity index (χ3n) is 5.13. The van der Waals surface area contributed by atoms with Crippen molar-refractivity contribution in [2.24, 2.45) is 0 Å². The molecular formula is C19H23N3O4. The maximum absolute atomic E-state index is 12.7. The number of aromatic nitrogens is 1. The van der Waals surface area contributed by atoms with Crippen LogP contribution >= 0.6 is 0 Å². The van der Waals surface area contributed by atoms with Crippen LogP contribution in [-0.2, 0) is 11.3 Å². The Bertz CT molecular complexity index is 762. The van der Waals surface area contributed by atoms with Crippen molar-refractivity contribution in [1.82, 2.24) is 14.8 Å². The first-order valence-corrected chi connectivity index (χ1v) is 8.60. The fourth-order valence-corrected chi connectivity index (χ4v) is 3.54. The van der Waals surface area contributed by atoms with Crippen LogP contribution in [0.15, 0.2) is 47.3 Å². The van der Waals surface area contributed by atoms with Gasteiger partial charge in [0.1, 0.15) is 5.54 Å². The van der Waals surface area contributed by atoms with Crippen LogP contribution in [0.1, 0.15) is 35.9 Å². The zero-order valence-electron chi connectivity index (χ0n) is 15.0. The molecule has 138 valence electrons. The van der Waals surface area contributed by atoms with Crippen LogP contribution in [0.25, 0.3) is 0 Å². The Morgan fingerprint density at radius 2 is 2.23 bits per heavy atom. The summed E-state index contributed by atoms with van der Waals surface area (Å²) in [4.78, 5) is 32.4. The monoisotopic (exact) mass is 357 g/mol. The summed E-state index contributed by atoms with van der Waals surface area (Å²) in [5, 5.41) is 9.85. The van der Waals surface area contributed by atoms with Crippen molar-refractivity contribution < 1.29 is 19.1 Å². The first-order valence-electron chi connectivity index (χ1n) is 8.60. The van der Waals surface area contributed by atoms with Gasteiger partial charge in [-0.2, -0.15) is 0 Å². The van der Waals surface area contributed by atoms with Crippen molar-refractivity contribution in [3.63, 3.8) is 0 Å². The maximum Gasteiger partial charge on any atom is 0.329 e. The van der Waals surface area contributed by atoms with E-state index >= 15 is 0 Å². The summed E-state index contributed by atoms with van der Waals surface area (Å²) >= 11 is 0. The highest BCUT2D eigenvalue weighted by Crippen LogP contribution is 2.32. The minimum Gasteiger partial charge on any atom is -0.480 e. The number of carbonyl (C=O) groups excluding carboxylic acids is 1. The Morgan fingerprint density at radius 3 is 2.85 bits per heavy atom. The lowest BCUT2D eigenvalue weighted by molar-refractivity contribution is -0.152. The number of hydrogen-bond acceptors (Lipinski definition) is 5. The molecule has 1 aliphatic heterocycles. The van der Waals surface area contributed by atoms with Crippen LogP contribution < -0.4 is 0 Å². The van der Waals surface area contributed by atoms with Gasteiger partial charge in [-0.05, 0) is 50.6 Å². The Kier molecular flexibility index (Phi) is 5.08. The lowest BCUT2D eigenvalue weighted by Gasteiger charge is -2.46. The van der Waals surface area contributed by atoms with Gasteiger partial charge in [0.2, 0.25) is 0 Å². The number of likely N-dealkylation sites (tertiary alicyclic amines) is 1. The fraction of sp³-hybridized carbons (Fsp3) is 0.421. The van der Waals surface area contributed by atoms with Gasteiger partial charge in [-0.1, -0.05) is 6.07 Å². The number of furan rings is 1. The van der Waals surface area contributed by atoms with Gasteiger partial charge < -0.3 is 14.4 Å². The van der Waals surface area contributed by atoms with Crippen LogP contribution in [0.5, 0.6) is 0 Å². The second-order valence-electron chi connectivity index (χ2n) is 6.94. The predicted molar refractivity (Wildman–Crippen MR) is 94.5 cm³/mol. The molecule has 0 saturated carbocycles. The van der Waals surface area contributed by atoms with Crippen molar-refractivity contribution in [3.05, 3.63) is 54.2 Å². The number of carboxylic acid groups (broad SMARTS) is 1. The van der Waals surface area contributed by atoms with Gasteiger partial charge in [0.05, 0.1) is 6.26 Å². The molecule has 1 saturated heterocycles. The number of pyridine rings is 1. The van der Waals surface area contributed by atoms with Crippen LogP contribution in [0.2, 0.25) is 0 Å². The number of amides is 1. The summed E-state index contributed by atoms with van der Waals surface area (Å²) in [6.45, 7) is 2.66. The minimum absolute atomic E-state index is 0.0527. The Morgan fingerprint density at radius 1 is 1.42 bits per heavy atom. The third-order valence-corrected chi connectivity index (χ3v) is 5.13. The molecule has 3 heterocycles. The number of hydrogen-bond donors (Lipinski definition) is 1. The maximum atomic E-state index is 12.7. The second kappa shape index (κ2) is 7.29. The highest BCUT2D eigenvalue weighted by atomic mass is 16.4. The molecule has 2 aromatic rings. The zero-order chi connectivity index (χ0) is 18.7. The molecule has 0 spiro atoms. The number of carboxylic acids is 1. The van der Waals surface area contributed by atoms with E-state index in [1.807, 2.05) is 25.4 Å². The van der Waals surface area contributed by atoms with E-state index < -0.39 is 11.5 Å². The van der Waals surface area contributed by atoms with E-state index in [1.54, 1.807) is 25.3 Å². The third kappa shape index (κ3) is 3.48. The van der Waals surface area contributed by atoms with Gasteiger partial charge in [0, 0.05) is 31.5 Å². The molecule has 0 radical (unpaired) electrons. The predicted octanol–water partition coefficient (Wildman–Crippen LogP) is 2.25. The van der Waals surface area contributed by atoms with E-state index in [9.17, 15) is 14.7 Å². The minimum atomic E-state index is -1.28. The van der Waals surface area contributed by atoms with Gasteiger partial charge in [-0.25, -0.2) is 4.79 Å². The van der Waals surface area contributed by atoms with Crippen molar-refractivity contribution in [1.29, 1.82) is 0 Å². The Balaban J connectivity index is 1.76. The largest absolute Gasteiger partial charge is 0.480 e. The molecule has 1 fully saturated rings. The van der Waals surface area contributed by atoms with E-state index in [4.69, 9.17) is 4.42 Å². The average molecular weight is 357 g/mol. The van der Waals surface area contributed by atoms with Crippen molar-refractivity contribution in [2.45, 2.75) is 37.9 Å². The average Bonchev–Trinajstić information content (AvgIpc) is 3.16. The molecule has 0 bridgehead atoms. The molecule has 2 atom stereocenters. The molecule has 1 N–H and O–H groups in total. The number of rotatable bonds is 5. The normalized spacial score (nSPS) is 23.2. The zero-order valence-corrected chi connectivity index (χ0v) is 15.0. The van der Waals surface area contributed by atoms with E-state index in [2.05, 4.69) is 9.88 Å². The Labute approximate surface area is 152 Å². The molecule has 7 nitrogen and oxygen atoms in total. The SMILES string of the molecule is CN(Cc1cccnc1)C1CCN(C(=O)c2ccco2)C(C)(C(=O)O)C1. The molecule has 1 aliphatic rings. The highest BCUT2D eigenvalue weighted by Gasteiger charge is 2.48. The smallest absolute Gasteiger partial charge is 0.329 e. The standard InChI is InChI=1S/C19H23N3O4/c1-19(18(24)25)11-15(21(2)13-14-5-3-8-20-12-14)7-9-22(19)17(23)16-6-4-10-26-16/h3-6,8,10,12,15H,7,9,11,13H2,1-2H3,(H,24,25). The van der Waals surface area contributed by atoms with Gasteiger partial charge in [0.25, 0.3) is 5.91 Å². The molecular weight excluding hydrogens is 334 g/mol. The van der Waals surface area contributed by atoms with Crippen molar-refractivity contribution in [3.8, 4) is 0 Å². The van der Waals surface area contributed by atoms with E-state index in [-0.39, 0.29) is 17.7 Å². The lowest BCUT2D eigenvalue weighted by Crippen LogP contribution is -2.62. The van der Waals surface area contributed by atoms with Crippen LogP contribution in [0.4, 0.5) is 0 Å². The number of carbonyl (C=O) groups is 2. The van der Waals surface area contributed by atoms with Gasteiger partial charge in [0.15, 0.2) is 5.76 Å². The number of aliphatic carboxylic acids is 1. The van der Waals surface area contributed by atoms with Gasteiger partial charge >= 0.3 is 5.97 Å². The molecule has 7 heteroatoms.